The number of amides is 1. The third kappa shape index (κ3) is 2.35. The van der Waals surface area contributed by atoms with E-state index in [0.29, 0.717) is 12.3 Å². The SMILES string of the molecule is NC(=O)CCC1CCNC1. The van der Waals surface area contributed by atoms with Gasteiger partial charge in [-0.3, -0.25) is 4.79 Å². The second-order valence-corrected chi connectivity index (χ2v) is 2.86. The second-order valence-electron chi connectivity index (χ2n) is 2.86. The number of primary amides is 1. The molecule has 1 fully saturated rings. The van der Waals surface area contributed by atoms with Gasteiger partial charge in [-0.15, -0.1) is 0 Å². The van der Waals surface area contributed by atoms with E-state index in [0.717, 1.165) is 19.5 Å². The third-order valence-corrected chi connectivity index (χ3v) is 1.96. The van der Waals surface area contributed by atoms with Gasteiger partial charge in [-0.05, 0) is 31.8 Å². The standard InChI is InChI=1S/C7H14N2O/c8-7(10)2-1-6-3-4-9-5-6/h6,9H,1-5H2,(H2,8,10). The predicted molar refractivity (Wildman–Crippen MR) is 39.4 cm³/mol. The molecule has 0 aliphatic carbocycles. The summed E-state index contributed by atoms with van der Waals surface area (Å²) in [6.45, 7) is 2.16. The monoisotopic (exact) mass is 142 g/mol. The summed E-state index contributed by atoms with van der Waals surface area (Å²) in [7, 11) is 0. The summed E-state index contributed by atoms with van der Waals surface area (Å²) < 4.78 is 0. The average molecular weight is 142 g/mol. The minimum absolute atomic E-state index is 0.174. The molecule has 1 aliphatic heterocycles. The van der Waals surface area contributed by atoms with Crippen molar-refractivity contribution in [2.24, 2.45) is 11.7 Å². The predicted octanol–water partition coefficient (Wildman–Crippen LogP) is -0.139. The summed E-state index contributed by atoms with van der Waals surface area (Å²) in [5, 5.41) is 3.24. The van der Waals surface area contributed by atoms with Crippen molar-refractivity contribution >= 4 is 5.91 Å². The van der Waals surface area contributed by atoms with E-state index in [4.69, 9.17) is 5.73 Å². The van der Waals surface area contributed by atoms with Crippen LogP contribution in [-0.2, 0) is 4.79 Å². The Labute approximate surface area is 61.0 Å². The molecule has 1 rings (SSSR count). The lowest BCUT2D eigenvalue weighted by Gasteiger charge is -2.03. The van der Waals surface area contributed by atoms with Crippen LogP contribution in [0.1, 0.15) is 19.3 Å². The molecule has 0 bridgehead atoms. The normalized spacial score (nSPS) is 25.0. The third-order valence-electron chi connectivity index (χ3n) is 1.96. The maximum absolute atomic E-state index is 10.4. The molecule has 0 saturated carbocycles. The molecule has 3 N–H and O–H groups in total. The van der Waals surface area contributed by atoms with Crippen LogP contribution in [0.15, 0.2) is 0 Å². The molecule has 1 saturated heterocycles. The molecular weight excluding hydrogens is 128 g/mol. The summed E-state index contributed by atoms with van der Waals surface area (Å²) in [5.41, 5.74) is 5.01. The van der Waals surface area contributed by atoms with Gasteiger partial charge in [0, 0.05) is 6.42 Å². The van der Waals surface area contributed by atoms with E-state index >= 15 is 0 Å². The minimum Gasteiger partial charge on any atom is -0.370 e. The molecule has 1 amide bonds. The summed E-state index contributed by atoms with van der Waals surface area (Å²) in [5.74, 6) is 0.513. The van der Waals surface area contributed by atoms with Crippen molar-refractivity contribution in [3.63, 3.8) is 0 Å². The maximum atomic E-state index is 10.4. The number of carbonyl (C=O) groups is 1. The Morgan fingerprint density at radius 2 is 2.50 bits per heavy atom. The van der Waals surface area contributed by atoms with Crippen LogP contribution in [0.3, 0.4) is 0 Å². The van der Waals surface area contributed by atoms with Crippen LogP contribution >= 0.6 is 0 Å². The first-order valence-electron chi connectivity index (χ1n) is 3.78. The van der Waals surface area contributed by atoms with Crippen LogP contribution in [-0.4, -0.2) is 19.0 Å². The molecule has 0 aromatic heterocycles. The van der Waals surface area contributed by atoms with E-state index in [9.17, 15) is 4.79 Å². The average Bonchev–Trinajstić information content (AvgIpc) is 2.34. The molecule has 3 heteroatoms. The zero-order chi connectivity index (χ0) is 7.40. The van der Waals surface area contributed by atoms with Crippen LogP contribution in [0.25, 0.3) is 0 Å². The molecule has 1 unspecified atom stereocenters. The van der Waals surface area contributed by atoms with Crippen molar-refractivity contribution in [2.75, 3.05) is 13.1 Å². The van der Waals surface area contributed by atoms with Crippen molar-refractivity contribution in [1.82, 2.24) is 5.32 Å². The Bertz CT molecular complexity index is 119. The smallest absolute Gasteiger partial charge is 0.217 e. The van der Waals surface area contributed by atoms with Crippen molar-refractivity contribution in [1.29, 1.82) is 0 Å². The molecule has 3 nitrogen and oxygen atoms in total. The molecule has 10 heavy (non-hydrogen) atoms. The number of hydrogen-bond donors (Lipinski definition) is 2. The largest absolute Gasteiger partial charge is 0.370 e. The maximum Gasteiger partial charge on any atom is 0.217 e. The molecule has 1 aliphatic rings. The van der Waals surface area contributed by atoms with E-state index < -0.39 is 0 Å². The highest BCUT2D eigenvalue weighted by Gasteiger charge is 2.14. The van der Waals surface area contributed by atoms with Gasteiger partial charge in [0.05, 0.1) is 0 Å². The highest BCUT2D eigenvalue weighted by molar-refractivity contribution is 5.73. The first-order valence-corrected chi connectivity index (χ1v) is 3.78. The highest BCUT2D eigenvalue weighted by atomic mass is 16.1. The number of carbonyl (C=O) groups excluding carboxylic acids is 1. The molecule has 58 valence electrons. The van der Waals surface area contributed by atoms with Crippen LogP contribution in [0.5, 0.6) is 0 Å². The fraction of sp³-hybridized carbons (Fsp3) is 0.857. The Morgan fingerprint density at radius 3 is 3.00 bits per heavy atom. The molecule has 0 spiro atoms. The van der Waals surface area contributed by atoms with Gasteiger partial charge in [-0.2, -0.15) is 0 Å². The van der Waals surface area contributed by atoms with E-state index in [2.05, 4.69) is 5.32 Å². The Hall–Kier alpha value is -0.570. The summed E-state index contributed by atoms with van der Waals surface area (Å²) in [6.07, 6.45) is 2.71. The van der Waals surface area contributed by atoms with Gasteiger partial charge in [0.1, 0.15) is 0 Å². The second kappa shape index (κ2) is 3.56. The van der Waals surface area contributed by atoms with Crippen molar-refractivity contribution in [3.05, 3.63) is 0 Å². The van der Waals surface area contributed by atoms with Crippen LogP contribution < -0.4 is 11.1 Å². The van der Waals surface area contributed by atoms with Crippen LogP contribution in [0, 0.1) is 5.92 Å². The van der Waals surface area contributed by atoms with Gasteiger partial charge < -0.3 is 11.1 Å². The first kappa shape index (κ1) is 7.54. The van der Waals surface area contributed by atoms with Gasteiger partial charge in [0.2, 0.25) is 5.91 Å². The quantitative estimate of drug-likeness (QED) is 0.576. The van der Waals surface area contributed by atoms with E-state index in [1.807, 2.05) is 0 Å². The summed E-state index contributed by atoms with van der Waals surface area (Å²) in [4.78, 5) is 10.4. The molecule has 1 heterocycles. The highest BCUT2D eigenvalue weighted by Crippen LogP contribution is 2.13. The lowest BCUT2D eigenvalue weighted by atomic mass is 10.0. The Kier molecular flexibility index (Phi) is 2.68. The molecular formula is C7H14N2O. The minimum atomic E-state index is -0.174. The van der Waals surface area contributed by atoms with E-state index in [-0.39, 0.29) is 5.91 Å². The number of nitrogens with two attached hydrogens (primary N) is 1. The Balaban J connectivity index is 2.07. The van der Waals surface area contributed by atoms with Crippen molar-refractivity contribution in [2.45, 2.75) is 19.3 Å². The summed E-state index contributed by atoms with van der Waals surface area (Å²) >= 11 is 0. The topological polar surface area (TPSA) is 55.1 Å². The van der Waals surface area contributed by atoms with Crippen LogP contribution in [0.4, 0.5) is 0 Å². The molecule has 0 radical (unpaired) electrons. The van der Waals surface area contributed by atoms with Gasteiger partial charge >= 0.3 is 0 Å². The lowest BCUT2D eigenvalue weighted by Crippen LogP contribution is -2.14. The van der Waals surface area contributed by atoms with Crippen molar-refractivity contribution < 1.29 is 4.79 Å². The van der Waals surface area contributed by atoms with Crippen LogP contribution in [0.2, 0.25) is 0 Å². The van der Waals surface area contributed by atoms with E-state index in [1.54, 1.807) is 0 Å². The first-order chi connectivity index (χ1) is 4.79. The fourth-order valence-corrected chi connectivity index (χ4v) is 1.31. The van der Waals surface area contributed by atoms with Gasteiger partial charge in [-0.25, -0.2) is 0 Å². The lowest BCUT2D eigenvalue weighted by molar-refractivity contribution is -0.118. The Morgan fingerprint density at radius 1 is 1.70 bits per heavy atom. The number of rotatable bonds is 3. The van der Waals surface area contributed by atoms with Crippen molar-refractivity contribution in [3.8, 4) is 0 Å². The van der Waals surface area contributed by atoms with Gasteiger partial charge in [-0.1, -0.05) is 0 Å². The molecule has 0 aromatic carbocycles. The molecule has 0 aromatic rings. The summed E-state index contributed by atoms with van der Waals surface area (Å²) in [6, 6.07) is 0. The zero-order valence-electron chi connectivity index (χ0n) is 6.10. The van der Waals surface area contributed by atoms with Gasteiger partial charge in [0.25, 0.3) is 0 Å². The number of hydrogen-bond acceptors (Lipinski definition) is 2. The van der Waals surface area contributed by atoms with Gasteiger partial charge in [0.15, 0.2) is 0 Å². The zero-order valence-corrected chi connectivity index (χ0v) is 6.10. The van der Waals surface area contributed by atoms with E-state index in [1.165, 1.54) is 6.42 Å². The molecule has 1 atom stereocenters. The fourth-order valence-electron chi connectivity index (χ4n) is 1.31. The number of nitrogens with one attached hydrogen (secondary N) is 1.